The highest BCUT2D eigenvalue weighted by Gasteiger charge is 2.22. The van der Waals surface area contributed by atoms with Gasteiger partial charge in [0.1, 0.15) is 0 Å². The van der Waals surface area contributed by atoms with Crippen LogP contribution >= 0.6 is 0 Å². The molecule has 2 nitrogen and oxygen atoms in total. The van der Waals surface area contributed by atoms with Gasteiger partial charge in [0, 0.05) is 0 Å². The SMILES string of the molecule is CCCC(CCC(C)(C)CCC)C(=O)O. The Morgan fingerprint density at radius 2 is 1.73 bits per heavy atom. The van der Waals surface area contributed by atoms with Crippen molar-refractivity contribution in [3.8, 4) is 0 Å². The van der Waals surface area contributed by atoms with Crippen LogP contribution in [0.3, 0.4) is 0 Å². The third kappa shape index (κ3) is 6.53. The molecule has 90 valence electrons. The molecule has 0 spiro atoms. The quantitative estimate of drug-likeness (QED) is 0.660. The molecule has 0 aromatic carbocycles. The smallest absolute Gasteiger partial charge is 0.306 e. The average Bonchev–Trinajstić information content (AvgIpc) is 2.11. The zero-order valence-corrected chi connectivity index (χ0v) is 10.7. The number of hydrogen-bond acceptors (Lipinski definition) is 1. The average molecular weight is 214 g/mol. The van der Waals surface area contributed by atoms with Crippen molar-refractivity contribution in [2.75, 3.05) is 0 Å². The molecule has 2 heteroatoms. The van der Waals surface area contributed by atoms with Crippen molar-refractivity contribution < 1.29 is 9.90 Å². The van der Waals surface area contributed by atoms with Crippen LogP contribution in [0.4, 0.5) is 0 Å². The first-order chi connectivity index (χ1) is 6.93. The van der Waals surface area contributed by atoms with Gasteiger partial charge in [-0.3, -0.25) is 4.79 Å². The normalized spacial score (nSPS) is 13.9. The molecular weight excluding hydrogens is 188 g/mol. The number of carbonyl (C=O) groups is 1. The Bertz CT molecular complexity index is 185. The van der Waals surface area contributed by atoms with Crippen LogP contribution in [0.2, 0.25) is 0 Å². The Morgan fingerprint density at radius 1 is 1.13 bits per heavy atom. The van der Waals surface area contributed by atoms with Gasteiger partial charge in [0.2, 0.25) is 0 Å². The summed E-state index contributed by atoms with van der Waals surface area (Å²) in [4.78, 5) is 11.0. The predicted molar refractivity (Wildman–Crippen MR) is 64.0 cm³/mol. The molecule has 0 heterocycles. The molecule has 0 aliphatic heterocycles. The van der Waals surface area contributed by atoms with Crippen LogP contribution in [0.15, 0.2) is 0 Å². The van der Waals surface area contributed by atoms with Gasteiger partial charge in [0.15, 0.2) is 0 Å². The van der Waals surface area contributed by atoms with Crippen molar-refractivity contribution >= 4 is 5.97 Å². The minimum absolute atomic E-state index is 0.133. The summed E-state index contributed by atoms with van der Waals surface area (Å²) in [6.07, 6.45) is 6.00. The fraction of sp³-hybridized carbons (Fsp3) is 0.923. The number of rotatable bonds is 8. The van der Waals surface area contributed by atoms with E-state index in [1.54, 1.807) is 0 Å². The summed E-state index contributed by atoms with van der Waals surface area (Å²) in [5.41, 5.74) is 0.302. The Kier molecular flexibility index (Phi) is 6.62. The molecule has 1 unspecified atom stereocenters. The molecule has 0 amide bonds. The van der Waals surface area contributed by atoms with E-state index in [1.807, 2.05) is 6.92 Å². The molecule has 0 aromatic heterocycles. The highest BCUT2D eigenvalue weighted by atomic mass is 16.4. The van der Waals surface area contributed by atoms with Crippen LogP contribution in [-0.2, 0) is 4.79 Å². The van der Waals surface area contributed by atoms with Gasteiger partial charge in [-0.2, -0.15) is 0 Å². The summed E-state index contributed by atoms with van der Waals surface area (Å²) in [5.74, 6) is -0.754. The van der Waals surface area contributed by atoms with Crippen molar-refractivity contribution in [2.24, 2.45) is 11.3 Å². The van der Waals surface area contributed by atoms with Crippen LogP contribution < -0.4 is 0 Å². The van der Waals surface area contributed by atoms with Gasteiger partial charge in [0.25, 0.3) is 0 Å². The molecule has 1 N–H and O–H groups in total. The summed E-state index contributed by atoms with van der Waals surface area (Å²) < 4.78 is 0. The molecule has 1 atom stereocenters. The zero-order chi connectivity index (χ0) is 11.9. The van der Waals surface area contributed by atoms with Gasteiger partial charge in [-0.15, -0.1) is 0 Å². The maximum absolute atomic E-state index is 11.0. The minimum atomic E-state index is -0.621. The van der Waals surface area contributed by atoms with Crippen molar-refractivity contribution in [3.63, 3.8) is 0 Å². The van der Waals surface area contributed by atoms with Crippen molar-refractivity contribution in [1.82, 2.24) is 0 Å². The standard InChI is InChI=1S/C13H26O2/c1-5-7-11(12(14)15)8-10-13(3,4)9-6-2/h11H,5-10H2,1-4H3,(H,14,15). The minimum Gasteiger partial charge on any atom is -0.481 e. The summed E-state index contributed by atoms with van der Waals surface area (Å²) in [6, 6.07) is 0. The summed E-state index contributed by atoms with van der Waals surface area (Å²) in [5, 5.41) is 9.03. The first-order valence-electron chi connectivity index (χ1n) is 6.15. The third-order valence-electron chi connectivity index (χ3n) is 3.08. The van der Waals surface area contributed by atoms with Crippen molar-refractivity contribution in [1.29, 1.82) is 0 Å². The number of hydrogen-bond donors (Lipinski definition) is 1. The number of carboxylic acids is 1. The second-order valence-electron chi connectivity index (χ2n) is 5.28. The first kappa shape index (κ1) is 14.5. The fourth-order valence-corrected chi connectivity index (χ4v) is 2.11. The summed E-state index contributed by atoms with van der Waals surface area (Å²) in [6.45, 7) is 8.71. The molecule has 0 radical (unpaired) electrons. The third-order valence-corrected chi connectivity index (χ3v) is 3.08. The van der Waals surface area contributed by atoms with E-state index in [2.05, 4.69) is 20.8 Å². The van der Waals surface area contributed by atoms with E-state index in [4.69, 9.17) is 5.11 Å². The van der Waals surface area contributed by atoms with Gasteiger partial charge < -0.3 is 5.11 Å². The van der Waals surface area contributed by atoms with Crippen LogP contribution in [0.25, 0.3) is 0 Å². The predicted octanol–water partition coefficient (Wildman–Crippen LogP) is 4.09. The molecule has 0 aliphatic rings. The van der Waals surface area contributed by atoms with Gasteiger partial charge in [0.05, 0.1) is 5.92 Å². The summed E-state index contributed by atoms with van der Waals surface area (Å²) in [7, 11) is 0. The lowest BCUT2D eigenvalue weighted by Crippen LogP contribution is -2.18. The Hall–Kier alpha value is -0.530. The first-order valence-corrected chi connectivity index (χ1v) is 6.15. The molecule has 0 aromatic rings. The van der Waals surface area contributed by atoms with E-state index < -0.39 is 5.97 Å². The molecule has 0 saturated heterocycles. The van der Waals surface area contributed by atoms with Crippen LogP contribution in [-0.4, -0.2) is 11.1 Å². The molecule has 0 aliphatic carbocycles. The molecule has 0 rings (SSSR count). The van der Waals surface area contributed by atoms with E-state index in [-0.39, 0.29) is 5.92 Å². The van der Waals surface area contributed by atoms with Crippen LogP contribution in [0.1, 0.15) is 66.2 Å². The molecule has 0 bridgehead atoms. The van der Waals surface area contributed by atoms with Crippen LogP contribution in [0, 0.1) is 11.3 Å². The zero-order valence-electron chi connectivity index (χ0n) is 10.7. The van der Waals surface area contributed by atoms with Crippen LogP contribution in [0.5, 0.6) is 0 Å². The topological polar surface area (TPSA) is 37.3 Å². The Labute approximate surface area is 94.1 Å². The molecule has 15 heavy (non-hydrogen) atoms. The second kappa shape index (κ2) is 6.86. The van der Waals surface area contributed by atoms with Gasteiger partial charge in [-0.25, -0.2) is 0 Å². The van der Waals surface area contributed by atoms with Crippen molar-refractivity contribution in [3.05, 3.63) is 0 Å². The number of aliphatic carboxylic acids is 1. The van der Waals surface area contributed by atoms with Gasteiger partial charge in [-0.05, 0) is 31.1 Å². The number of carboxylic acid groups (broad SMARTS) is 1. The maximum Gasteiger partial charge on any atom is 0.306 e. The van der Waals surface area contributed by atoms with E-state index in [0.717, 1.165) is 25.7 Å². The largest absolute Gasteiger partial charge is 0.481 e. The van der Waals surface area contributed by atoms with Crippen molar-refractivity contribution in [2.45, 2.75) is 66.2 Å². The Morgan fingerprint density at radius 3 is 2.13 bits per heavy atom. The summed E-state index contributed by atoms with van der Waals surface area (Å²) >= 11 is 0. The highest BCUT2D eigenvalue weighted by Crippen LogP contribution is 2.30. The molecule has 0 fully saturated rings. The molecular formula is C13H26O2. The monoisotopic (exact) mass is 214 g/mol. The van der Waals surface area contributed by atoms with E-state index in [0.29, 0.717) is 5.41 Å². The molecule has 0 saturated carbocycles. The highest BCUT2D eigenvalue weighted by molar-refractivity contribution is 5.69. The Balaban J connectivity index is 4.03. The van der Waals surface area contributed by atoms with E-state index in [1.165, 1.54) is 12.8 Å². The second-order valence-corrected chi connectivity index (χ2v) is 5.28. The van der Waals surface area contributed by atoms with Gasteiger partial charge in [-0.1, -0.05) is 40.5 Å². The van der Waals surface area contributed by atoms with Gasteiger partial charge >= 0.3 is 5.97 Å². The maximum atomic E-state index is 11.0. The fourth-order valence-electron chi connectivity index (χ4n) is 2.11. The lowest BCUT2D eigenvalue weighted by atomic mass is 9.80. The van der Waals surface area contributed by atoms with E-state index in [9.17, 15) is 4.79 Å². The lowest BCUT2D eigenvalue weighted by molar-refractivity contribution is -0.142. The lowest BCUT2D eigenvalue weighted by Gasteiger charge is -2.25. The van der Waals surface area contributed by atoms with E-state index >= 15 is 0 Å².